The van der Waals surface area contributed by atoms with E-state index in [1.54, 1.807) is 42.5 Å². The van der Waals surface area contributed by atoms with Crippen LogP contribution in [0.2, 0.25) is 0 Å². The summed E-state index contributed by atoms with van der Waals surface area (Å²) < 4.78 is 32.4. The van der Waals surface area contributed by atoms with Crippen LogP contribution in [0.15, 0.2) is 53.4 Å². The predicted octanol–water partition coefficient (Wildman–Crippen LogP) is 2.34. The number of nitrogens with one attached hydrogen (secondary N) is 1. The minimum atomic E-state index is -3.62. The van der Waals surface area contributed by atoms with Gasteiger partial charge in [-0.2, -0.15) is 0 Å². The zero-order valence-corrected chi connectivity index (χ0v) is 12.6. The smallest absolute Gasteiger partial charge is 0.261 e. The molecule has 2 aromatic carbocycles. The van der Waals surface area contributed by atoms with Crippen LogP contribution >= 0.6 is 0 Å². The summed E-state index contributed by atoms with van der Waals surface area (Å²) in [5.74, 6) is 0.700. The molecule has 0 aliphatic heterocycles. The maximum absolute atomic E-state index is 12.3. The van der Waals surface area contributed by atoms with Gasteiger partial charge in [-0.3, -0.25) is 4.72 Å². The lowest BCUT2D eigenvalue weighted by Gasteiger charge is -2.10. The van der Waals surface area contributed by atoms with Gasteiger partial charge in [0.1, 0.15) is 5.75 Å². The lowest BCUT2D eigenvalue weighted by atomic mass is 10.2. The molecule has 112 valence electrons. The third-order valence-corrected chi connectivity index (χ3v) is 4.24. The minimum Gasteiger partial charge on any atom is -0.494 e. The summed E-state index contributed by atoms with van der Waals surface area (Å²) in [7, 11) is -3.62. The molecule has 3 N–H and O–H groups in total. The number of hydrogen-bond acceptors (Lipinski definition) is 4. The number of sulfonamides is 1. The number of nitrogens with two attached hydrogens (primary N) is 1. The third kappa shape index (κ3) is 3.96. The highest BCUT2D eigenvalue weighted by Crippen LogP contribution is 2.20. The molecule has 0 radical (unpaired) electrons. The van der Waals surface area contributed by atoms with Gasteiger partial charge in [0.15, 0.2) is 0 Å². The van der Waals surface area contributed by atoms with Crippen LogP contribution in [-0.2, 0) is 16.6 Å². The summed E-state index contributed by atoms with van der Waals surface area (Å²) in [5.41, 5.74) is 6.78. The van der Waals surface area contributed by atoms with Crippen LogP contribution in [0.5, 0.6) is 5.75 Å². The number of benzene rings is 2. The molecule has 0 saturated carbocycles. The second kappa shape index (κ2) is 6.60. The molecule has 0 saturated heterocycles. The first-order valence-corrected chi connectivity index (χ1v) is 8.08. The molecule has 21 heavy (non-hydrogen) atoms. The van der Waals surface area contributed by atoms with Gasteiger partial charge >= 0.3 is 0 Å². The molecule has 0 heterocycles. The van der Waals surface area contributed by atoms with Crippen molar-refractivity contribution in [2.45, 2.75) is 18.4 Å². The van der Waals surface area contributed by atoms with E-state index in [-0.39, 0.29) is 4.90 Å². The molecule has 0 fully saturated rings. The summed E-state index contributed by atoms with van der Waals surface area (Å²) in [6, 6.07) is 13.3. The lowest BCUT2D eigenvalue weighted by molar-refractivity contribution is 0.340. The summed E-state index contributed by atoms with van der Waals surface area (Å²) in [5, 5.41) is 0. The SMILES string of the molecule is CCOc1ccc(NS(=O)(=O)c2cccc(CN)c2)cc1. The van der Waals surface area contributed by atoms with Gasteiger partial charge in [0.2, 0.25) is 0 Å². The van der Waals surface area contributed by atoms with Crippen molar-refractivity contribution in [3.63, 3.8) is 0 Å². The Bertz CT molecular complexity index is 697. The largest absolute Gasteiger partial charge is 0.494 e. The van der Waals surface area contributed by atoms with Crippen LogP contribution < -0.4 is 15.2 Å². The van der Waals surface area contributed by atoms with Crippen molar-refractivity contribution in [3.05, 3.63) is 54.1 Å². The molecule has 0 aliphatic rings. The second-order valence-electron chi connectivity index (χ2n) is 4.41. The molecule has 0 aromatic heterocycles. The zero-order chi connectivity index (χ0) is 15.3. The molecule has 0 amide bonds. The Labute approximate surface area is 124 Å². The molecule has 0 atom stereocenters. The summed E-state index contributed by atoms with van der Waals surface area (Å²) in [6.45, 7) is 2.75. The van der Waals surface area contributed by atoms with Crippen molar-refractivity contribution in [3.8, 4) is 5.75 Å². The van der Waals surface area contributed by atoms with Gasteiger partial charge in [-0.1, -0.05) is 12.1 Å². The standard InChI is InChI=1S/C15H18N2O3S/c1-2-20-14-8-6-13(7-9-14)17-21(18,19)15-5-3-4-12(10-15)11-16/h3-10,17H,2,11,16H2,1H3. The number of ether oxygens (including phenoxy) is 1. The molecule has 2 rings (SSSR count). The van der Waals surface area contributed by atoms with E-state index in [9.17, 15) is 8.42 Å². The quantitative estimate of drug-likeness (QED) is 0.858. The van der Waals surface area contributed by atoms with Gasteiger partial charge in [0, 0.05) is 12.2 Å². The molecule has 6 heteroatoms. The van der Waals surface area contributed by atoms with E-state index in [4.69, 9.17) is 10.5 Å². The predicted molar refractivity (Wildman–Crippen MR) is 82.8 cm³/mol. The van der Waals surface area contributed by atoms with Crippen molar-refractivity contribution in [1.29, 1.82) is 0 Å². The molecular weight excluding hydrogens is 288 g/mol. The monoisotopic (exact) mass is 306 g/mol. The van der Waals surface area contributed by atoms with Gasteiger partial charge in [-0.25, -0.2) is 8.42 Å². The fourth-order valence-electron chi connectivity index (χ4n) is 1.84. The highest BCUT2D eigenvalue weighted by Gasteiger charge is 2.14. The average molecular weight is 306 g/mol. The Balaban J connectivity index is 2.20. The van der Waals surface area contributed by atoms with Crippen LogP contribution in [0.25, 0.3) is 0 Å². The van der Waals surface area contributed by atoms with Gasteiger partial charge < -0.3 is 10.5 Å². The van der Waals surface area contributed by atoms with Crippen LogP contribution in [-0.4, -0.2) is 15.0 Å². The van der Waals surface area contributed by atoms with E-state index in [1.165, 1.54) is 6.07 Å². The second-order valence-corrected chi connectivity index (χ2v) is 6.10. The zero-order valence-electron chi connectivity index (χ0n) is 11.7. The fraction of sp³-hybridized carbons (Fsp3) is 0.200. The van der Waals surface area contributed by atoms with Crippen LogP contribution in [0.4, 0.5) is 5.69 Å². The molecule has 5 nitrogen and oxygen atoms in total. The minimum absolute atomic E-state index is 0.194. The number of rotatable bonds is 6. The normalized spacial score (nSPS) is 11.1. The van der Waals surface area contributed by atoms with Crippen molar-refractivity contribution in [2.24, 2.45) is 5.73 Å². The van der Waals surface area contributed by atoms with Crippen molar-refractivity contribution >= 4 is 15.7 Å². The third-order valence-electron chi connectivity index (χ3n) is 2.86. The summed E-state index contributed by atoms with van der Waals surface area (Å²) in [6.07, 6.45) is 0. The molecular formula is C15H18N2O3S. The first kappa shape index (κ1) is 15.3. The lowest BCUT2D eigenvalue weighted by Crippen LogP contribution is -2.13. The molecule has 2 aromatic rings. The van der Waals surface area contributed by atoms with Gasteiger partial charge in [-0.15, -0.1) is 0 Å². The molecule has 0 bridgehead atoms. The topological polar surface area (TPSA) is 81.4 Å². The summed E-state index contributed by atoms with van der Waals surface area (Å²) in [4.78, 5) is 0.194. The highest BCUT2D eigenvalue weighted by molar-refractivity contribution is 7.92. The van der Waals surface area contributed by atoms with E-state index in [1.807, 2.05) is 6.92 Å². The van der Waals surface area contributed by atoms with E-state index >= 15 is 0 Å². The molecule has 0 aliphatic carbocycles. The van der Waals surface area contributed by atoms with Gasteiger partial charge in [-0.05, 0) is 48.9 Å². The maximum atomic E-state index is 12.3. The van der Waals surface area contributed by atoms with E-state index in [2.05, 4.69) is 4.72 Å². The van der Waals surface area contributed by atoms with Gasteiger partial charge in [0.05, 0.1) is 11.5 Å². The highest BCUT2D eigenvalue weighted by atomic mass is 32.2. The van der Waals surface area contributed by atoms with E-state index in [0.29, 0.717) is 24.6 Å². The van der Waals surface area contributed by atoms with Crippen LogP contribution in [0.3, 0.4) is 0 Å². The average Bonchev–Trinajstić information content (AvgIpc) is 2.49. The van der Waals surface area contributed by atoms with Crippen molar-refractivity contribution in [1.82, 2.24) is 0 Å². The molecule has 0 unspecified atom stereocenters. The van der Waals surface area contributed by atoms with Crippen molar-refractivity contribution < 1.29 is 13.2 Å². The van der Waals surface area contributed by atoms with E-state index in [0.717, 1.165) is 5.56 Å². The Morgan fingerprint density at radius 3 is 2.48 bits per heavy atom. The Hall–Kier alpha value is -2.05. The fourth-order valence-corrected chi connectivity index (χ4v) is 2.97. The van der Waals surface area contributed by atoms with Crippen molar-refractivity contribution in [2.75, 3.05) is 11.3 Å². The Morgan fingerprint density at radius 2 is 1.86 bits per heavy atom. The number of hydrogen-bond donors (Lipinski definition) is 2. The first-order chi connectivity index (χ1) is 10.0. The summed E-state index contributed by atoms with van der Waals surface area (Å²) >= 11 is 0. The number of anilines is 1. The van der Waals surface area contributed by atoms with Crippen LogP contribution in [0.1, 0.15) is 12.5 Å². The molecule has 0 spiro atoms. The Morgan fingerprint density at radius 1 is 1.14 bits per heavy atom. The van der Waals surface area contributed by atoms with E-state index < -0.39 is 10.0 Å². The van der Waals surface area contributed by atoms with Crippen LogP contribution in [0, 0.1) is 0 Å². The Kier molecular flexibility index (Phi) is 4.82. The first-order valence-electron chi connectivity index (χ1n) is 6.60. The van der Waals surface area contributed by atoms with Gasteiger partial charge in [0.25, 0.3) is 10.0 Å². The maximum Gasteiger partial charge on any atom is 0.261 e.